The Bertz CT molecular complexity index is 481. The molecule has 1 aromatic carbocycles. The first-order chi connectivity index (χ1) is 10.0. The highest BCUT2D eigenvalue weighted by Gasteiger charge is 2.27. The number of aliphatic hydroxyl groups excluding tert-OH is 1. The van der Waals surface area contributed by atoms with Gasteiger partial charge in [0, 0.05) is 19.0 Å². The molecule has 1 aromatic rings. The van der Waals surface area contributed by atoms with Gasteiger partial charge in [0.15, 0.2) is 11.5 Å². The van der Waals surface area contributed by atoms with E-state index in [2.05, 4.69) is 27.8 Å². The van der Waals surface area contributed by atoms with Gasteiger partial charge in [-0.2, -0.15) is 0 Å². The van der Waals surface area contributed by atoms with E-state index in [1.54, 1.807) is 0 Å². The van der Waals surface area contributed by atoms with Crippen LogP contribution in [0, 0.1) is 5.92 Å². The van der Waals surface area contributed by atoms with Crippen LogP contribution in [0.25, 0.3) is 0 Å². The van der Waals surface area contributed by atoms with E-state index in [1.165, 1.54) is 0 Å². The Morgan fingerprint density at radius 1 is 1.38 bits per heavy atom. The van der Waals surface area contributed by atoms with Crippen molar-refractivity contribution in [1.82, 2.24) is 4.90 Å². The summed E-state index contributed by atoms with van der Waals surface area (Å²) in [6.45, 7) is 7.46. The first-order valence-electron chi connectivity index (χ1n) is 7.59. The summed E-state index contributed by atoms with van der Waals surface area (Å²) < 4.78 is 6.10. The molecule has 0 bridgehead atoms. The van der Waals surface area contributed by atoms with Gasteiger partial charge in [0.1, 0.15) is 0 Å². The lowest BCUT2D eigenvalue weighted by Gasteiger charge is -2.35. The molecule has 21 heavy (non-hydrogen) atoms. The number of hydrogen-bond donors (Lipinski definition) is 2. The van der Waals surface area contributed by atoms with Crippen molar-refractivity contribution in [2.75, 3.05) is 26.2 Å². The minimum Gasteiger partial charge on any atom is -0.503 e. The largest absolute Gasteiger partial charge is 0.503 e. The Labute approximate surface area is 134 Å². The summed E-state index contributed by atoms with van der Waals surface area (Å²) >= 11 is 3.37. The number of ether oxygens (including phenoxy) is 1. The zero-order valence-electron chi connectivity index (χ0n) is 12.7. The summed E-state index contributed by atoms with van der Waals surface area (Å²) in [5, 5.41) is 20.2. The van der Waals surface area contributed by atoms with Crippen molar-refractivity contribution in [2.24, 2.45) is 5.92 Å². The van der Waals surface area contributed by atoms with E-state index in [1.807, 2.05) is 19.1 Å². The lowest BCUT2D eigenvalue weighted by Crippen LogP contribution is -2.43. The summed E-state index contributed by atoms with van der Waals surface area (Å²) in [6, 6.07) is 3.79. The molecule has 1 fully saturated rings. The topological polar surface area (TPSA) is 52.9 Å². The minimum absolute atomic E-state index is 0.139. The number of aromatic hydroxyl groups is 1. The predicted molar refractivity (Wildman–Crippen MR) is 86.9 cm³/mol. The molecule has 1 aliphatic heterocycles. The molecular formula is C16H24BrNO3. The summed E-state index contributed by atoms with van der Waals surface area (Å²) in [5.41, 5.74) is 1.07. The molecule has 2 N–H and O–H groups in total. The van der Waals surface area contributed by atoms with Gasteiger partial charge in [-0.1, -0.05) is 6.92 Å². The number of hydrogen-bond acceptors (Lipinski definition) is 4. The third-order valence-electron chi connectivity index (χ3n) is 4.11. The molecule has 0 aliphatic carbocycles. The van der Waals surface area contributed by atoms with Gasteiger partial charge < -0.3 is 19.8 Å². The van der Waals surface area contributed by atoms with Crippen LogP contribution in [0.4, 0.5) is 0 Å². The van der Waals surface area contributed by atoms with Gasteiger partial charge >= 0.3 is 0 Å². The molecule has 118 valence electrons. The second kappa shape index (κ2) is 7.47. The molecule has 1 heterocycles. The predicted octanol–water partition coefficient (Wildman–Crippen LogP) is 2.80. The molecule has 0 aromatic heterocycles. The number of likely N-dealkylation sites (tertiary alicyclic amines) is 1. The summed E-state index contributed by atoms with van der Waals surface area (Å²) in [7, 11) is 0. The van der Waals surface area contributed by atoms with Crippen LogP contribution in [0.5, 0.6) is 11.5 Å². The standard InChI is InChI=1S/C16H24BrNO3/c1-3-18-6-5-14(19)12(10-18)7-11-8-13(17)16(20)15(9-11)21-4-2/h8-9,12,14,19-20H,3-7,10H2,1-2H3. The van der Waals surface area contributed by atoms with Crippen LogP contribution < -0.4 is 4.74 Å². The third-order valence-corrected chi connectivity index (χ3v) is 4.72. The Balaban J connectivity index is 2.14. The van der Waals surface area contributed by atoms with Crippen molar-refractivity contribution in [3.05, 3.63) is 22.2 Å². The van der Waals surface area contributed by atoms with Gasteiger partial charge in [0.05, 0.1) is 17.2 Å². The van der Waals surface area contributed by atoms with Crippen LogP contribution in [0.2, 0.25) is 0 Å². The number of phenolic OH excluding ortho intramolecular Hbond substituents is 1. The van der Waals surface area contributed by atoms with E-state index in [0.717, 1.165) is 38.0 Å². The average molecular weight is 358 g/mol. The van der Waals surface area contributed by atoms with E-state index in [9.17, 15) is 10.2 Å². The molecule has 2 atom stereocenters. The molecule has 1 aliphatic rings. The fourth-order valence-electron chi connectivity index (χ4n) is 2.90. The number of benzene rings is 1. The molecular weight excluding hydrogens is 334 g/mol. The van der Waals surface area contributed by atoms with Crippen molar-refractivity contribution >= 4 is 15.9 Å². The van der Waals surface area contributed by atoms with Crippen molar-refractivity contribution in [2.45, 2.75) is 32.8 Å². The van der Waals surface area contributed by atoms with E-state index in [0.29, 0.717) is 16.8 Å². The quantitative estimate of drug-likeness (QED) is 0.850. The van der Waals surface area contributed by atoms with Gasteiger partial charge in [-0.15, -0.1) is 0 Å². The fourth-order valence-corrected chi connectivity index (χ4v) is 3.39. The molecule has 4 nitrogen and oxygen atoms in total. The first kappa shape index (κ1) is 16.6. The van der Waals surface area contributed by atoms with Gasteiger partial charge in [-0.3, -0.25) is 0 Å². The number of halogens is 1. The second-order valence-corrected chi connectivity index (χ2v) is 6.43. The molecule has 2 unspecified atom stereocenters. The SMILES string of the molecule is CCOc1cc(CC2CN(CC)CCC2O)cc(Br)c1O. The van der Waals surface area contributed by atoms with Crippen molar-refractivity contribution < 1.29 is 14.9 Å². The normalized spacial score (nSPS) is 23.2. The van der Waals surface area contributed by atoms with Gasteiger partial charge in [0.2, 0.25) is 0 Å². The zero-order chi connectivity index (χ0) is 15.4. The average Bonchev–Trinajstić information content (AvgIpc) is 2.47. The monoisotopic (exact) mass is 357 g/mol. The highest BCUT2D eigenvalue weighted by molar-refractivity contribution is 9.10. The Morgan fingerprint density at radius 3 is 2.81 bits per heavy atom. The molecule has 2 rings (SSSR count). The van der Waals surface area contributed by atoms with Crippen LogP contribution in [0.1, 0.15) is 25.8 Å². The number of rotatable bonds is 5. The van der Waals surface area contributed by atoms with E-state index in [-0.39, 0.29) is 17.8 Å². The third kappa shape index (κ3) is 4.11. The summed E-state index contributed by atoms with van der Waals surface area (Å²) in [6.07, 6.45) is 1.36. The fraction of sp³-hybridized carbons (Fsp3) is 0.625. The van der Waals surface area contributed by atoms with Crippen LogP contribution in [0.15, 0.2) is 16.6 Å². The lowest BCUT2D eigenvalue weighted by atomic mass is 9.88. The second-order valence-electron chi connectivity index (χ2n) is 5.57. The maximum Gasteiger partial charge on any atom is 0.172 e. The van der Waals surface area contributed by atoms with Gasteiger partial charge in [0.25, 0.3) is 0 Å². The number of aliphatic hydroxyl groups is 1. The zero-order valence-corrected chi connectivity index (χ0v) is 14.3. The van der Waals surface area contributed by atoms with Gasteiger partial charge in [-0.05, 0) is 59.9 Å². The molecule has 0 saturated carbocycles. The van der Waals surface area contributed by atoms with Crippen molar-refractivity contribution in [3.8, 4) is 11.5 Å². The number of piperidine rings is 1. The first-order valence-corrected chi connectivity index (χ1v) is 8.39. The lowest BCUT2D eigenvalue weighted by molar-refractivity contribution is 0.0290. The number of nitrogens with zero attached hydrogens (tertiary/aromatic N) is 1. The van der Waals surface area contributed by atoms with Gasteiger partial charge in [-0.25, -0.2) is 0 Å². The van der Waals surface area contributed by atoms with Crippen LogP contribution in [0.3, 0.4) is 0 Å². The highest BCUT2D eigenvalue weighted by atomic mass is 79.9. The Kier molecular flexibility index (Phi) is 5.90. The number of phenols is 1. The molecule has 5 heteroatoms. The molecule has 0 amide bonds. The van der Waals surface area contributed by atoms with Crippen LogP contribution in [-0.2, 0) is 6.42 Å². The minimum atomic E-state index is -0.254. The van der Waals surface area contributed by atoms with Crippen molar-refractivity contribution in [3.63, 3.8) is 0 Å². The molecule has 0 radical (unpaired) electrons. The summed E-state index contributed by atoms with van der Waals surface area (Å²) in [5.74, 6) is 0.865. The molecule has 1 saturated heterocycles. The van der Waals surface area contributed by atoms with E-state index < -0.39 is 0 Å². The maximum absolute atomic E-state index is 10.2. The Hall–Kier alpha value is -0.780. The van der Waals surface area contributed by atoms with E-state index in [4.69, 9.17) is 4.74 Å². The molecule has 0 spiro atoms. The maximum atomic E-state index is 10.2. The van der Waals surface area contributed by atoms with E-state index >= 15 is 0 Å². The Morgan fingerprint density at radius 2 is 2.14 bits per heavy atom. The van der Waals surface area contributed by atoms with Crippen LogP contribution in [-0.4, -0.2) is 47.5 Å². The summed E-state index contributed by atoms with van der Waals surface area (Å²) in [4.78, 5) is 2.37. The smallest absolute Gasteiger partial charge is 0.172 e. The van der Waals surface area contributed by atoms with Crippen molar-refractivity contribution in [1.29, 1.82) is 0 Å². The van der Waals surface area contributed by atoms with Crippen LogP contribution >= 0.6 is 15.9 Å². The highest BCUT2D eigenvalue weighted by Crippen LogP contribution is 2.36.